The van der Waals surface area contributed by atoms with Gasteiger partial charge in [0.25, 0.3) is 0 Å². The highest BCUT2D eigenvalue weighted by Gasteiger charge is 2.27. The van der Waals surface area contributed by atoms with Crippen molar-refractivity contribution in [3.05, 3.63) is 24.3 Å². The van der Waals surface area contributed by atoms with Gasteiger partial charge < -0.3 is 9.88 Å². The fourth-order valence-corrected chi connectivity index (χ4v) is 3.23. The zero-order valence-corrected chi connectivity index (χ0v) is 12.1. The summed E-state index contributed by atoms with van der Waals surface area (Å²) < 4.78 is 2.17. The fourth-order valence-electron chi connectivity index (χ4n) is 3.23. The third-order valence-corrected chi connectivity index (χ3v) is 4.81. The lowest BCUT2D eigenvalue weighted by Gasteiger charge is -2.34. The first-order valence-electron chi connectivity index (χ1n) is 7.35. The van der Waals surface area contributed by atoms with E-state index < -0.39 is 0 Å². The summed E-state index contributed by atoms with van der Waals surface area (Å²) in [5.74, 6) is 2.53. The van der Waals surface area contributed by atoms with Crippen molar-refractivity contribution in [1.82, 2.24) is 9.55 Å². The number of nitrogens with one attached hydrogen (secondary N) is 1. The van der Waals surface area contributed by atoms with E-state index in [0.717, 1.165) is 17.4 Å². The van der Waals surface area contributed by atoms with Crippen molar-refractivity contribution in [2.24, 2.45) is 18.9 Å². The van der Waals surface area contributed by atoms with Gasteiger partial charge in [-0.25, -0.2) is 4.98 Å². The number of aryl methyl sites for hydroxylation is 1. The van der Waals surface area contributed by atoms with Gasteiger partial charge in [-0.1, -0.05) is 38.8 Å². The lowest BCUT2D eigenvalue weighted by molar-refractivity contribution is 0.252. The highest BCUT2D eigenvalue weighted by Crippen LogP contribution is 2.31. The predicted molar refractivity (Wildman–Crippen MR) is 80.3 cm³/mol. The van der Waals surface area contributed by atoms with Crippen LogP contribution in [0.1, 0.15) is 33.1 Å². The number of hydrogen-bond donors (Lipinski definition) is 1. The molecule has 1 aromatic heterocycles. The van der Waals surface area contributed by atoms with Crippen molar-refractivity contribution in [2.45, 2.75) is 39.2 Å². The van der Waals surface area contributed by atoms with Crippen LogP contribution < -0.4 is 5.32 Å². The molecule has 1 aliphatic carbocycles. The van der Waals surface area contributed by atoms with E-state index in [1.165, 1.54) is 24.8 Å². The van der Waals surface area contributed by atoms with Gasteiger partial charge in [-0.2, -0.15) is 0 Å². The minimum Gasteiger partial charge on any atom is -0.353 e. The number of benzene rings is 1. The summed E-state index contributed by atoms with van der Waals surface area (Å²) in [6, 6.07) is 8.87. The molecule has 3 atom stereocenters. The van der Waals surface area contributed by atoms with E-state index in [1.807, 2.05) is 6.07 Å². The van der Waals surface area contributed by atoms with Gasteiger partial charge in [0, 0.05) is 13.1 Å². The molecule has 1 fully saturated rings. The fraction of sp³-hybridized carbons (Fsp3) is 0.562. The molecular formula is C16H23N3. The Bertz CT molecular complexity index is 572. The summed E-state index contributed by atoms with van der Waals surface area (Å²) in [7, 11) is 2.09. The average Bonchev–Trinajstić information content (AvgIpc) is 2.73. The van der Waals surface area contributed by atoms with Crippen LogP contribution in [0.15, 0.2) is 24.3 Å². The van der Waals surface area contributed by atoms with Crippen LogP contribution in [0.25, 0.3) is 11.0 Å². The minimum atomic E-state index is 0.555. The Hall–Kier alpha value is -1.51. The van der Waals surface area contributed by atoms with E-state index in [0.29, 0.717) is 12.0 Å². The number of anilines is 1. The molecule has 0 saturated heterocycles. The van der Waals surface area contributed by atoms with Gasteiger partial charge in [0.15, 0.2) is 0 Å². The van der Waals surface area contributed by atoms with Crippen LogP contribution >= 0.6 is 0 Å². The summed E-state index contributed by atoms with van der Waals surface area (Å²) >= 11 is 0. The van der Waals surface area contributed by atoms with Crippen molar-refractivity contribution < 1.29 is 0 Å². The number of hydrogen-bond acceptors (Lipinski definition) is 2. The Morgan fingerprint density at radius 2 is 2.00 bits per heavy atom. The van der Waals surface area contributed by atoms with E-state index in [4.69, 9.17) is 4.98 Å². The molecule has 102 valence electrons. The first-order chi connectivity index (χ1) is 9.16. The van der Waals surface area contributed by atoms with Crippen molar-refractivity contribution in [3.63, 3.8) is 0 Å². The molecule has 1 heterocycles. The van der Waals surface area contributed by atoms with Crippen molar-refractivity contribution in [3.8, 4) is 0 Å². The summed E-state index contributed by atoms with van der Waals surface area (Å²) in [5, 5.41) is 3.67. The molecular weight excluding hydrogens is 234 g/mol. The maximum absolute atomic E-state index is 4.72. The molecule has 1 aromatic carbocycles. The van der Waals surface area contributed by atoms with Gasteiger partial charge >= 0.3 is 0 Å². The molecule has 0 bridgehead atoms. The van der Waals surface area contributed by atoms with Gasteiger partial charge in [0.2, 0.25) is 5.95 Å². The largest absolute Gasteiger partial charge is 0.353 e. The normalized spacial score (nSPS) is 27.6. The Balaban J connectivity index is 1.87. The molecule has 0 spiro atoms. The third-order valence-electron chi connectivity index (χ3n) is 4.81. The summed E-state index contributed by atoms with van der Waals surface area (Å²) in [5.41, 5.74) is 2.27. The number of aromatic nitrogens is 2. The highest BCUT2D eigenvalue weighted by atomic mass is 15.2. The SMILES string of the molecule is CC1CCCC(Nc2nc3ccccc3n2C)C1C. The Morgan fingerprint density at radius 3 is 2.79 bits per heavy atom. The maximum atomic E-state index is 4.72. The Labute approximate surface area is 115 Å². The second-order valence-corrected chi connectivity index (χ2v) is 6.00. The highest BCUT2D eigenvalue weighted by molar-refractivity contribution is 5.78. The maximum Gasteiger partial charge on any atom is 0.203 e. The molecule has 2 aromatic rings. The molecule has 0 amide bonds. The molecule has 19 heavy (non-hydrogen) atoms. The number of fused-ring (bicyclic) bond motifs is 1. The van der Waals surface area contributed by atoms with Gasteiger partial charge in [0.05, 0.1) is 11.0 Å². The minimum absolute atomic E-state index is 0.555. The van der Waals surface area contributed by atoms with E-state index in [-0.39, 0.29) is 0 Å². The first kappa shape index (κ1) is 12.5. The van der Waals surface area contributed by atoms with Gasteiger partial charge in [-0.05, 0) is 30.4 Å². The number of para-hydroxylation sites is 2. The smallest absolute Gasteiger partial charge is 0.203 e. The van der Waals surface area contributed by atoms with Crippen molar-refractivity contribution in [1.29, 1.82) is 0 Å². The van der Waals surface area contributed by atoms with Crippen molar-refractivity contribution >= 4 is 17.0 Å². The molecule has 0 radical (unpaired) electrons. The van der Waals surface area contributed by atoms with Crippen LogP contribution in [0.5, 0.6) is 0 Å². The summed E-state index contributed by atoms with van der Waals surface area (Å²) in [4.78, 5) is 4.72. The van der Waals surface area contributed by atoms with Gasteiger partial charge in [-0.3, -0.25) is 0 Å². The zero-order chi connectivity index (χ0) is 13.4. The number of imidazole rings is 1. The third kappa shape index (κ3) is 2.22. The molecule has 3 rings (SSSR count). The molecule has 1 saturated carbocycles. The molecule has 0 aliphatic heterocycles. The standard InChI is InChI=1S/C16H23N3/c1-11-7-6-9-13(12(11)2)17-16-18-14-8-4-5-10-15(14)19(16)3/h4-5,8,10-13H,6-7,9H2,1-3H3,(H,17,18). The first-order valence-corrected chi connectivity index (χ1v) is 7.35. The number of rotatable bonds is 2. The molecule has 3 nitrogen and oxygen atoms in total. The number of nitrogens with zero attached hydrogens (tertiary/aromatic N) is 2. The second kappa shape index (κ2) is 4.87. The summed E-state index contributed by atoms with van der Waals surface area (Å²) in [6.45, 7) is 4.73. The second-order valence-electron chi connectivity index (χ2n) is 6.00. The molecule has 1 N–H and O–H groups in total. The van der Waals surface area contributed by atoms with E-state index in [9.17, 15) is 0 Å². The van der Waals surface area contributed by atoms with Crippen LogP contribution in [0, 0.1) is 11.8 Å². The Morgan fingerprint density at radius 1 is 1.21 bits per heavy atom. The topological polar surface area (TPSA) is 29.9 Å². The van der Waals surface area contributed by atoms with Crippen LogP contribution in [-0.2, 0) is 7.05 Å². The monoisotopic (exact) mass is 257 g/mol. The molecule has 3 heteroatoms. The summed E-state index contributed by atoms with van der Waals surface area (Å²) in [6.07, 6.45) is 3.95. The quantitative estimate of drug-likeness (QED) is 0.886. The lowest BCUT2D eigenvalue weighted by atomic mass is 9.78. The van der Waals surface area contributed by atoms with Crippen molar-refractivity contribution in [2.75, 3.05) is 5.32 Å². The van der Waals surface area contributed by atoms with Crippen LogP contribution in [0.3, 0.4) is 0 Å². The van der Waals surface area contributed by atoms with Gasteiger partial charge in [-0.15, -0.1) is 0 Å². The lowest BCUT2D eigenvalue weighted by Crippen LogP contribution is -2.35. The average molecular weight is 257 g/mol. The molecule has 3 unspecified atom stereocenters. The van der Waals surface area contributed by atoms with E-state index in [2.05, 4.69) is 49.0 Å². The van der Waals surface area contributed by atoms with Crippen LogP contribution in [0.4, 0.5) is 5.95 Å². The van der Waals surface area contributed by atoms with Gasteiger partial charge in [0.1, 0.15) is 0 Å². The zero-order valence-electron chi connectivity index (χ0n) is 12.1. The van der Waals surface area contributed by atoms with E-state index in [1.54, 1.807) is 0 Å². The predicted octanol–water partition coefficient (Wildman–Crippen LogP) is 3.81. The van der Waals surface area contributed by atoms with Crippen LogP contribution in [-0.4, -0.2) is 15.6 Å². The Kier molecular flexibility index (Phi) is 3.21. The molecule has 1 aliphatic rings. The van der Waals surface area contributed by atoms with E-state index >= 15 is 0 Å². The van der Waals surface area contributed by atoms with Crippen LogP contribution in [0.2, 0.25) is 0 Å².